The third-order valence-electron chi connectivity index (χ3n) is 1.33. The summed E-state index contributed by atoms with van der Waals surface area (Å²) in [6.07, 6.45) is -2.33. The zero-order valence-corrected chi connectivity index (χ0v) is 19.7. The summed E-state index contributed by atoms with van der Waals surface area (Å²) in [6, 6.07) is 4.81. The number of rotatable bonds is 2. The first-order chi connectivity index (χ1) is 7.34. The van der Waals surface area contributed by atoms with Crippen LogP contribution in [0.5, 0.6) is 0 Å². The fraction of sp³-hybridized carbons (Fsp3) is 0. The Balaban J connectivity index is -0.0000000844. The molecule has 20 heavy (non-hydrogen) atoms. The molecule has 0 bridgehead atoms. The molecule has 0 aliphatic carbocycles. The van der Waals surface area contributed by atoms with E-state index in [9.17, 15) is 19.8 Å². The molecular formula is C9H4Na4O7. The third kappa shape index (κ3) is 17.5. The van der Waals surface area contributed by atoms with E-state index in [1.165, 1.54) is 18.2 Å². The van der Waals surface area contributed by atoms with Crippen LogP contribution in [0, 0.1) is 0 Å². The Labute approximate surface area is 203 Å². The van der Waals surface area contributed by atoms with E-state index in [2.05, 4.69) is 0 Å². The van der Waals surface area contributed by atoms with Gasteiger partial charge in [0.05, 0.1) is 11.9 Å². The van der Waals surface area contributed by atoms with Crippen molar-refractivity contribution in [2.75, 3.05) is 0 Å². The number of benzene rings is 1. The fourth-order valence-corrected chi connectivity index (χ4v) is 0.773. The standard InChI is InChI=1S/C8H6O4.CH2O3.4Na/c9-7(10)5-2-1-3-6(4-5)8(11)12;2-1(3)4;;;;/h1-4H,(H,9,10)(H,11,12);(H2,2,3,4);;;;/q;;4*+1/p-4. The first-order valence-electron chi connectivity index (χ1n) is 3.75. The maximum absolute atomic E-state index is 10.3. The van der Waals surface area contributed by atoms with Gasteiger partial charge in [-0.25, -0.2) is 0 Å². The van der Waals surface area contributed by atoms with Gasteiger partial charge in [-0.2, -0.15) is 0 Å². The van der Waals surface area contributed by atoms with Crippen molar-refractivity contribution >= 4 is 18.1 Å². The first kappa shape index (κ1) is 33.1. The van der Waals surface area contributed by atoms with Gasteiger partial charge >= 0.3 is 118 Å². The Morgan fingerprint density at radius 3 is 1.15 bits per heavy atom. The molecule has 1 rings (SSSR count). The van der Waals surface area contributed by atoms with Crippen LogP contribution in [0.4, 0.5) is 4.79 Å². The molecule has 0 saturated heterocycles. The van der Waals surface area contributed by atoms with Crippen LogP contribution < -0.4 is 139 Å². The number of hydrogen-bond acceptors (Lipinski definition) is 7. The summed E-state index contributed by atoms with van der Waals surface area (Å²) in [7, 11) is 0. The van der Waals surface area contributed by atoms with Crippen molar-refractivity contribution in [2.24, 2.45) is 0 Å². The molecule has 0 amide bonds. The van der Waals surface area contributed by atoms with Gasteiger partial charge in [0.1, 0.15) is 0 Å². The van der Waals surface area contributed by atoms with Crippen LogP contribution in [0.3, 0.4) is 0 Å². The average Bonchev–Trinajstić information content (AvgIpc) is 2.17. The molecule has 0 saturated carbocycles. The number of carboxylic acid groups (broad SMARTS) is 4. The van der Waals surface area contributed by atoms with Crippen molar-refractivity contribution in [2.45, 2.75) is 0 Å². The van der Waals surface area contributed by atoms with Crippen molar-refractivity contribution in [3.63, 3.8) is 0 Å². The van der Waals surface area contributed by atoms with Crippen LogP contribution >= 0.6 is 0 Å². The van der Waals surface area contributed by atoms with Crippen LogP contribution in [0.25, 0.3) is 0 Å². The van der Waals surface area contributed by atoms with E-state index < -0.39 is 18.1 Å². The van der Waals surface area contributed by atoms with E-state index in [0.29, 0.717) is 0 Å². The van der Waals surface area contributed by atoms with Crippen LogP contribution in [-0.2, 0) is 0 Å². The molecule has 1 aromatic rings. The van der Waals surface area contributed by atoms with Crippen LogP contribution in [0.15, 0.2) is 24.3 Å². The molecule has 0 radical (unpaired) electrons. The molecule has 0 atom stereocenters. The minimum atomic E-state index is -2.33. The van der Waals surface area contributed by atoms with Gasteiger partial charge in [0.2, 0.25) is 0 Å². The summed E-state index contributed by atoms with van der Waals surface area (Å²) >= 11 is 0. The van der Waals surface area contributed by atoms with E-state index >= 15 is 0 Å². The summed E-state index contributed by atoms with van der Waals surface area (Å²) in [6.45, 7) is 0. The van der Waals surface area contributed by atoms with E-state index in [1.807, 2.05) is 0 Å². The zero-order valence-electron chi connectivity index (χ0n) is 11.7. The van der Waals surface area contributed by atoms with Gasteiger partial charge in [0.15, 0.2) is 0 Å². The average molecular weight is 316 g/mol. The van der Waals surface area contributed by atoms with Gasteiger partial charge in [0, 0.05) is 0 Å². The summed E-state index contributed by atoms with van der Waals surface area (Å²) in [4.78, 5) is 28.8. The molecule has 0 aromatic heterocycles. The maximum Gasteiger partial charge on any atom is 1.00 e. The van der Waals surface area contributed by atoms with Crippen molar-refractivity contribution in [1.29, 1.82) is 0 Å². The van der Waals surface area contributed by atoms with Crippen LogP contribution in [-0.4, -0.2) is 18.1 Å². The second-order valence-corrected chi connectivity index (χ2v) is 2.41. The van der Waals surface area contributed by atoms with Crippen molar-refractivity contribution in [3.05, 3.63) is 35.4 Å². The molecule has 0 heterocycles. The number of aromatic carboxylic acids is 2. The smallest absolute Gasteiger partial charge is 0.652 e. The largest absolute Gasteiger partial charge is 1.00 e. The Morgan fingerprint density at radius 2 is 0.950 bits per heavy atom. The number of carbonyl (C=O) groups is 3. The fourth-order valence-electron chi connectivity index (χ4n) is 0.773. The van der Waals surface area contributed by atoms with E-state index in [1.54, 1.807) is 0 Å². The molecule has 7 nitrogen and oxygen atoms in total. The molecule has 0 fully saturated rings. The molecule has 0 aliphatic rings. The van der Waals surface area contributed by atoms with Crippen molar-refractivity contribution < 1.29 is 153 Å². The monoisotopic (exact) mass is 316 g/mol. The zero-order chi connectivity index (χ0) is 12.7. The maximum atomic E-state index is 10.3. The van der Waals surface area contributed by atoms with Gasteiger partial charge in [0.25, 0.3) is 0 Å². The predicted molar refractivity (Wildman–Crippen MR) is 40.5 cm³/mol. The summed E-state index contributed by atoms with van der Waals surface area (Å²) in [5, 5.41) is 37.2. The van der Waals surface area contributed by atoms with Gasteiger partial charge in [-0.05, 0) is 23.3 Å². The molecule has 11 heteroatoms. The topological polar surface area (TPSA) is 143 Å². The third-order valence-corrected chi connectivity index (χ3v) is 1.33. The summed E-state index contributed by atoms with van der Waals surface area (Å²) in [5.74, 6) is -2.81. The Morgan fingerprint density at radius 1 is 0.700 bits per heavy atom. The van der Waals surface area contributed by atoms with Crippen LogP contribution in [0.2, 0.25) is 0 Å². The summed E-state index contributed by atoms with van der Waals surface area (Å²) in [5.41, 5.74) is -0.339. The number of carbonyl (C=O) groups excluding carboxylic acids is 3. The molecule has 1 aromatic carbocycles. The van der Waals surface area contributed by atoms with Gasteiger partial charge in [-0.1, -0.05) is 18.2 Å². The molecule has 86 valence electrons. The predicted octanol–water partition coefficient (Wildman–Crippen LogP) is -16.0. The first-order valence-corrected chi connectivity index (χ1v) is 3.75. The molecule has 0 unspecified atom stereocenters. The SMILES string of the molecule is O=C([O-])[O-].O=C([O-])c1cccc(C(=O)[O-])c1.[Na+].[Na+].[Na+].[Na+]. The Bertz CT molecular complexity index is 391. The van der Waals surface area contributed by atoms with E-state index in [0.717, 1.165) is 6.07 Å². The Kier molecular flexibility index (Phi) is 30.6. The molecule has 0 N–H and O–H groups in total. The number of hydrogen-bond donors (Lipinski definition) is 0. The second kappa shape index (κ2) is 18.5. The van der Waals surface area contributed by atoms with E-state index in [-0.39, 0.29) is 129 Å². The molecule has 0 aliphatic heterocycles. The van der Waals surface area contributed by atoms with E-state index in [4.69, 9.17) is 15.0 Å². The van der Waals surface area contributed by atoms with Gasteiger partial charge in [-0.3, -0.25) is 0 Å². The van der Waals surface area contributed by atoms with Gasteiger partial charge in [-0.15, -0.1) is 0 Å². The van der Waals surface area contributed by atoms with Crippen molar-refractivity contribution in [1.82, 2.24) is 0 Å². The quantitative estimate of drug-likeness (QED) is 0.493. The number of carboxylic acids is 2. The van der Waals surface area contributed by atoms with Crippen LogP contribution in [0.1, 0.15) is 20.7 Å². The molecule has 0 spiro atoms. The second-order valence-electron chi connectivity index (χ2n) is 2.41. The minimum absolute atomic E-state index is 0. The van der Waals surface area contributed by atoms with Crippen molar-refractivity contribution in [3.8, 4) is 0 Å². The summed E-state index contributed by atoms with van der Waals surface area (Å²) < 4.78 is 0. The Hall–Kier alpha value is 1.43. The normalized spacial score (nSPS) is 6.80. The minimum Gasteiger partial charge on any atom is -0.652 e. The molecular weight excluding hydrogens is 312 g/mol. The van der Waals surface area contributed by atoms with Gasteiger partial charge < -0.3 is 34.8 Å².